The first kappa shape index (κ1) is 40.5. The molecule has 0 amide bonds. The van der Waals surface area contributed by atoms with Crippen molar-refractivity contribution in [2.24, 2.45) is 4.99 Å². The van der Waals surface area contributed by atoms with Crippen LogP contribution in [-0.2, 0) is 43.5 Å². The molecule has 1 aliphatic heterocycles. The average molecular weight is 787 g/mol. The van der Waals surface area contributed by atoms with Gasteiger partial charge in [0.15, 0.2) is 0 Å². The Balaban J connectivity index is 1.45. The number of ether oxygens (including phenoxy) is 5. The topological polar surface area (TPSA) is 157 Å². The Labute approximate surface area is 324 Å². The molecule has 0 aliphatic carbocycles. The van der Waals surface area contributed by atoms with Crippen LogP contribution in [0.3, 0.4) is 0 Å². The largest absolute Gasteiger partial charge is 0.468 e. The molecule has 1 saturated heterocycles. The maximum Gasteiger partial charge on any atom is 0.468 e. The summed E-state index contributed by atoms with van der Waals surface area (Å²) in [7, 11) is 0. The van der Waals surface area contributed by atoms with Crippen molar-refractivity contribution in [1.29, 1.82) is 0 Å². The number of anilines is 1. The molecule has 1 unspecified atom stereocenters. The molecular weight excluding hydrogens is 749 g/mol. The summed E-state index contributed by atoms with van der Waals surface area (Å²) in [5, 5.41) is 26.7. The van der Waals surface area contributed by atoms with Gasteiger partial charge in [-0.2, -0.15) is 13.2 Å². The molecule has 0 bridgehead atoms. The molecule has 1 fully saturated rings. The van der Waals surface area contributed by atoms with E-state index in [2.05, 4.69) is 10.3 Å². The lowest BCUT2D eigenvalue weighted by molar-refractivity contribution is -0.393. The summed E-state index contributed by atoms with van der Waals surface area (Å²) in [5.74, 6) is -1.67. The minimum atomic E-state index is -5.14. The number of hydrogen-bond donors (Lipinski definition) is 1. The van der Waals surface area contributed by atoms with Gasteiger partial charge >= 0.3 is 6.18 Å². The number of para-hydroxylation sites is 1. The quantitative estimate of drug-likeness (QED) is 0.0444. The van der Waals surface area contributed by atoms with Crippen LogP contribution >= 0.6 is 0 Å². The van der Waals surface area contributed by atoms with E-state index in [4.69, 9.17) is 23.7 Å². The minimum Gasteiger partial charge on any atom is -0.442 e. The van der Waals surface area contributed by atoms with Crippen LogP contribution in [0.5, 0.6) is 0 Å². The van der Waals surface area contributed by atoms with Crippen LogP contribution in [0.15, 0.2) is 145 Å². The maximum atomic E-state index is 14.8. The van der Waals surface area contributed by atoms with E-state index in [0.717, 1.165) is 29.3 Å². The SMILES string of the molecule is O=[N+]([O-])c1ccc(N[C@H]2C(OC(=Nc3ccccc3)C(F)(F)F)O[C@H](COCc3ccccc3)[C@@H](OCc3ccccc3)[C@@H]2OCc2ccccc2)c([N+](=O)[O-])c1. The minimum absolute atomic E-state index is 0.00837. The summed E-state index contributed by atoms with van der Waals surface area (Å²) in [6, 6.07) is 35.9. The van der Waals surface area contributed by atoms with E-state index in [9.17, 15) is 33.4 Å². The Morgan fingerprint density at radius 2 is 1.23 bits per heavy atom. The van der Waals surface area contributed by atoms with Crippen LogP contribution < -0.4 is 5.32 Å². The third kappa shape index (κ3) is 11.2. The summed E-state index contributed by atoms with van der Waals surface area (Å²) in [5.41, 5.74) is 0.613. The van der Waals surface area contributed by atoms with Gasteiger partial charge in [0.25, 0.3) is 17.3 Å². The van der Waals surface area contributed by atoms with Crippen molar-refractivity contribution in [3.05, 3.63) is 176 Å². The molecule has 0 saturated carbocycles. The molecule has 6 rings (SSSR count). The highest BCUT2D eigenvalue weighted by Crippen LogP contribution is 2.36. The number of aliphatic imine (C=N–C) groups is 1. The number of nitrogens with zero attached hydrogens (tertiary/aromatic N) is 3. The van der Waals surface area contributed by atoms with E-state index in [1.54, 1.807) is 36.4 Å². The summed E-state index contributed by atoms with van der Waals surface area (Å²) in [6.45, 7) is -0.158. The molecule has 57 heavy (non-hydrogen) atoms. The highest BCUT2D eigenvalue weighted by Gasteiger charge is 2.52. The van der Waals surface area contributed by atoms with Crippen LogP contribution in [0, 0.1) is 20.2 Å². The van der Waals surface area contributed by atoms with E-state index in [1.807, 2.05) is 60.7 Å². The molecule has 0 radical (unpaired) electrons. The second-order valence-corrected chi connectivity index (χ2v) is 12.8. The molecule has 5 aromatic carbocycles. The Bertz CT molecular complexity index is 2100. The first-order valence-corrected chi connectivity index (χ1v) is 17.7. The van der Waals surface area contributed by atoms with E-state index < -0.39 is 63.9 Å². The normalized spacial score (nSPS) is 19.8. The summed E-state index contributed by atoms with van der Waals surface area (Å²) < 4.78 is 75.4. The zero-order valence-electron chi connectivity index (χ0n) is 30.1. The molecule has 0 aromatic heterocycles. The molecule has 13 nitrogen and oxygen atoms in total. The third-order valence-electron chi connectivity index (χ3n) is 8.78. The number of nitro groups is 2. The van der Waals surface area contributed by atoms with E-state index >= 15 is 0 Å². The first-order chi connectivity index (χ1) is 27.5. The molecule has 5 aromatic rings. The van der Waals surface area contributed by atoms with E-state index in [1.165, 1.54) is 24.3 Å². The number of rotatable bonds is 16. The predicted octanol–water partition coefficient (Wildman–Crippen LogP) is 8.71. The molecule has 0 spiro atoms. The fraction of sp³-hybridized carbons (Fsp3) is 0.244. The van der Waals surface area contributed by atoms with Gasteiger partial charge in [0, 0.05) is 6.07 Å². The number of halogens is 3. The van der Waals surface area contributed by atoms with Crippen LogP contribution in [0.25, 0.3) is 0 Å². The highest BCUT2D eigenvalue weighted by molar-refractivity contribution is 5.84. The average Bonchev–Trinajstić information content (AvgIpc) is 3.21. The fourth-order valence-electron chi connectivity index (χ4n) is 6.06. The predicted molar refractivity (Wildman–Crippen MR) is 203 cm³/mol. The van der Waals surface area contributed by atoms with Crippen LogP contribution in [0.4, 0.5) is 35.9 Å². The summed E-state index contributed by atoms with van der Waals surface area (Å²) >= 11 is 0. The Morgan fingerprint density at radius 1 is 0.702 bits per heavy atom. The van der Waals surface area contributed by atoms with Crippen molar-refractivity contribution >= 4 is 28.6 Å². The van der Waals surface area contributed by atoms with Crippen LogP contribution in [0.2, 0.25) is 0 Å². The molecular formula is C41H37F3N4O9. The van der Waals surface area contributed by atoms with Crippen molar-refractivity contribution in [2.75, 3.05) is 11.9 Å². The number of hydrogen-bond acceptors (Lipinski definition) is 11. The molecule has 296 valence electrons. The highest BCUT2D eigenvalue weighted by atomic mass is 19.4. The van der Waals surface area contributed by atoms with Crippen LogP contribution in [0.1, 0.15) is 16.7 Å². The van der Waals surface area contributed by atoms with Gasteiger partial charge in [0.1, 0.15) is 30.0 Å². The van der Waals surface area contributed by atoms with E-state index in [-0.39, 0.29) is 37.8 Å². The third-order valence-corrected chi connectivity index (χ3v) is 8.78. The number of nitrogens with one attached hydrogen (secondary N) is 1. The number of alkyl halides is 3. The van der Waals surface area contributed by atoms with Gasteiger partial charge < -0.3 is 29.0 Å². The Hall–Kier alpha value is -6.20. The van der Waals surface area contributed by atoms with Crippen molar-refractivity contribution < 1.29 is 46.7 Å². The second kappa shape index (κ2) is 19.1. The smallest absolute Gasteiger partial charge is 0.442 e. The first-order valence-electron chi connectivity index (χ1n) is 17.7. The Kier molecular flexibility index (Phi) is 13.6. The summed E-state index contributed by atoms with van der Waals surface area (Å²) in [4.78, 5) is 25.9. The van der Waals surface area contributed by atoms with Gasteiger partial charge in [0.05, 0.1) is 48.0 Å². The van der Waals surface area contributed by atoms with Gasteiger partial charge in [-0.1, -0.05) is 109 Å². The molecule has 1 heterocycles. The van der Waals surface area contributed by atoms with Crippen molar-refractivity contribution in [2.45, 2.75) is 56.6 Å². The van der Waals surface area contributed by atoms with E-state index in [0.29, 0.717) is 5.56 Å². The standard InChI is InChI=1S/C41H37F3N4O9/c42-41(43,44)40(45-31-19-11-4-12-20-31)57-39-36(46-33-22-21-32(47(49)50)23-34(33)48(51)52)38(55-26-30-17-9-3-10-18-30)37(54-25-29-15-7-2-8-16-29)35(56-39)27-53-24-28-13-5-1-6-14-28/h1-23,35-39,46H,24-27H2/t35-,36-,37-,38-,39?/m1/s1. The molecule has 1 aliphatic rings. The molecule has 16 heteroatoms. The fourth-order valence-corrected chi connectivity index (χ4v) is 6.06. The van der Waals surface area contributed by atoms with Crippen molar-refractivity contribution in [3.63, 3.8) is 0 Å². The maximum absolute atomic E-state index is 14.8. The van der Waals surface area contributed by atoms with Crippen molar-refractivity contribution in [1.82, 2.24) is 0 Å². The lowest BCUT2D eigenvalue weighted by atomic mass is 9.95. The van der Waals surface area contributed by atoms with Gasteiger partial charge in [-0.25, -0.2) is 4.99 Å². The van der Waals surface area contributed by atoms with Crippen molar-refractivity contribution in [3.8, 4) is 0 Å². The monoisotopic (exact) mass is 786 g/mol. The zero-order chi connectivity index (χ0) is 40.2. The summed E-state index contributed by atoms with van der Waals surface area (Å²) in [6.07, 6.45) is -10.5. The number of benzene rings is 5. The lowest BCUT2D eigenvalue weighted by Crippen LogP contribution is -2.64. The van der Waals surface area contributed by atoms with Gasteiger partial charge in [-0.3, -0.25) is 20.2 Å². The van der Waals surface area contributed by atoms with Crippen LogP contribution in [-0.4, -0.2) is 59.2 Å². The molecule has 5 atom stereocenters. The molecule has 1 N–H and O–H groups in total. The number of non-ortho nitro benzene ring substituents is 1. The Morgan fingerprint density at radius 3 is 1.75 bits per heavy atom. The van der Waals surface area contributed by atoms with Gasteiger partial charge in [0.2, 0.25) is 6.29 Å². The lowest BCUT2D eigenvalue weighted by Gasteiger charge is -2.46. The zero-order valence-corrected chi connectivity index (χ0v) is 30.1. The van der Waals surface area contributed by atoms with Gasteiger partial charge in [-0.15, -0.1) is 0 Å². The number of nitro benzene ring substituents is 2. The second-order valence-electron chi connectivity index (χ2n) is 12.8. The van der Waals surface area contributed by atoms with Gasteiger partial charge in [-0.05, 0) is 34.9 Å².